The van der Waals surface area contributed by atoms with Gasteiger partial charge in [-0.1, -0.05) is 10.2 Å². The minimum absolute atomic E-state index is 0.895. The number of rotatable bonds is 1. The normalized spacial score (nSPS) is 21.0. The van der Waals surface area contributed by atoms with Crippen LogP contribution in [0.3, 0.4) is 0 Å². The Balaban J connectivity index is 2.35. The van der Waals surface area contributed by atoms with Crippen molar-refractivity contribution < 1.29 is 4.90 Å². The van der Waals surface area contributed by atoms with Crippen molar-refractivity contribution in [2.45, 2.75) is 13.8 Å². The van der Waals surface area contributed by atoms with Gasteiger partial charge in [-0.05, 0) is 13.0 Å². The fraction of sp³-hybridized carbons (Fsp3) is 0.444. The maximum Gasteiger partial charge on any atom is 0.279 e. The molecule has 1 unspecified atom stereocenters. The lowest BCUT2D eigenvalue weighted by Gasteiger charge is -2.04. The lowest BCUT2D eigenvalue weighted by atomic mass is 10.3. The molecule has 1 aliphatic heterocycles. The van der Waals surface area contributed by atoms with Gasteiger partial charge in [0.25, 0.3) is 5.84 Å². The van der Waals surface area contributed by atoms with Crippen LogP contribution < -0.4 is 4.90 Å². The fourth-order valence-electron chi connectivity index (χ4n) is 1.37. The maximum atomic E-state index is 4.37. The summed E-state index contributed by atoms with van der Waals surface area (Å²) in [5.74, 6) is 1.87. The predicted molar refractivity (Wildman–Crippen MR) is 54.5 cm³/mol. The first-order valence-electron chi connectivity index (χ1n) is 4.57. The predicted octanol–water partition coefficient (Wildman–Crippen LogP) is -0.663. The number of nitrogens with one attached hydrogen (secondary N) is 1. The van der Waals surface area contributed by atoms with Gasteiger partial charge < -0.3 is 0 Å². The number of nitrogens with zero attached hydrogens (tertiary/aromatic N) is 4. The van der Waals surface area contributed by atoms with Crippen molar-refractivity contribution in [3.8, 4) is 0 Å². The Morgan fingerprint density at radius 2 is 2.00 bits per heavy atom. The lowest BCUT2D eigenvalue weighted by molar-refractivity contribution is -0.671. The molecular formula is C9H14N5+. The number of aromatic nitrogens is 2. The first-order chi connectivity index (χ1) is 6.59. The Morgan fingerprint density at radius 3 is 2.43 bits per heavy atom. The van der Waals surface area contributed by atoms with Crippen LogP contribution in [-0.2, 0) is 7.05 Å². The molecule has 1 aliphatic rings. The van der Waals surface area contributed by atoms with E-state index in [1.807, 2.05) is 38.7 Å². The zero-order valence-electron chi connectivity index (χ0n) is 8.87. The first kappa shape index (κ1) is 9.08. The van der Waals surface area contributed by atoms with Gasteiger partial charge in [0.2, 0.25) is 5.84 Å². The molecule has 5 heteroatoms. The third-order valence-electron chi connectivity index (χ3n) is 2.55. The molecule has 0 radical (unpaired) electrons. The van der Waals surface area contributed by atoms with E-state index in [0.717, 1.165) is 28.0 Å². The molecular weight excluding hydrogens is 178 g/mol. The van der Waals surface area contributed by atoms with Crippen molar-refractivity contribution in [2.24, 2.45) is 17.3 Å². The molecule has 0 saturated carbocycles. The van der Waals surface area contributed by atoms with Crippen LogP contribution in [0.15, 0.2) is 16.3 Å². The molecule has 0 fully saturated rings. The SMILES string of the molecule is CC1=NN=C(c2cc(C)n(C)n2)[NH+]1C. The topological polar surface area (TPSA) is 47.0 Å². The van der Waals surface area contributed by atoms with E-state index in [9.17, 15) is 0 Å². The third kappa shape index (κ3) is 1.26. The molecule has 0 bridgehead atoms. The van der Waals surface area contributed by atoms with E-state index in [-0.39, 0.29) is 0 Å². The Kier molecular flexibility index (Phi) is 1.96. The standard InChI is InChI=1S/C9H13N5/c1-6-5-8(12-14(6)4)9-11-10-7(2)13(9)3/h5H,1-4H3/p+1. The van der Waals surface area contributed by atoms with Crippen LogP contribution in [0.25, 0.3) is 0 Å². The number of aryl methyl sites for hydroxylation is 2. The minimum atomic E-state index is 0.895. The van der Waals surface area contributed by atoms with E-state index < -0.39 is 0 Å². The summed E-state index contributed by atoms with van der Waals surface area (Å²) in [5.41, 5.74) is 2.03. The summed E-state index contributed by atoms with van der Waals surface area (Å²) in [7, 11) is 3.95. The molecule has 14 heavy (non-hydrogen) atoms. The summed E-state index contributed by atoms with van der Waals surface area (Å²) in [5, 5.41) is 12.5. The number of quaternary nitrogens is 1. The Labute approximate surface area is 82.7 Å². The molecule has 2 rings (SSSR count). The van der Waals surface area contributed by atoms with Gasteiger partial charge in [0.15, 0.2) is 5.69 Å². The average Bonchev–Trinajstić information content (AvgIpc) is 2.61. The molecule has 1 atom stereocenters. The largest absolute Gasteiger partial charge is 0.279 e. The highest BCUT2D eigenvalue weighted by molar-refractivity contribution is 5.98. The summed E-state index contributed by atoms with van der Waals surface area (Å²) >= 11 is 0. The molecule has 0 aromatic carbocycles. The van der Waals surface area contributed by atoms with Crippen LogP contribution in [-0.4, -0.2) is 28.5 Å². The van der Waals surface area contributed by atoms with Crippen LogP contribution in [0, 0.1) is 6.92 Å². The first-order valence-corrected chi connectivity index (χ1v) is 4.57. The van der Waals surface area contributed by atoms with E-state index >= 15 is 0 Å². The molecule has 1 aromatic heterocycles. The van der Waals surface area contributed by atoms with Crippen molar-refractivity contribution >= 4 is 11.7 Å². The molecule has 2 heterocycles. The van der Waals surface area contributed by atoms with E-state index in [4.69, 9.17) is 0 Å². The summed E-state index contributed by atoms with van der Waals surface area (Å²) < 4.78 is 1.85. The molecule has 5 nitrogen and oxygen atoms in total. The van der Waals surface area contributed by atoms with Gasteiger partial charge in [-0.15, -0.1) is 0 Å². The molecule has 0 spiro atoms. The van der Waals surface area contributed by atoms with E-state index in [2.05, 4.69) is 15.3 Å². The van der Waals surface area contributed by atoms with E-state index in [1.165, 1.54) is 0 Å². The van der Waals surface area contributed by atoms with Crippen molar-refractivity contribution in [3.05, 3.63) is 17.5 Å². The third-order valence-corrected chi connectivity index (χ3v) is 2.55. The van der Waals surface area contributed by atoms with Gasteiger partial charge in [-0.3, -0.25) is 4.68 Å². The molecule has 0 aliphatic carbocycles. The molecule has 74 valence electrons. The summed E-state index contributed by atoms with van der Waals surface area (Å²) in [6.07, 6.45) is 0. The average molecular weight is 192 g/mol. The molecule has 1 aromatic rings. The Morgan fingerprint density at radius 1 is 1.29 bits per heavy atom. The molecule has 1 N–H and O–H groups in total. The quantitative estimate of drug-likeness (QED) is 0.630. The Hall–Kier alpha value is -1.49. The van der Waals surface area contributed by atoms with Crippen LogP contribution >= 0.6 is 0 Å². The van der Waals surface area contributed by atoms with Crippen molar-refractivity contribution in [1.82, 2.24) is 9.78 Å². The van der Waals surface area contributed by atoms with Gasteiger partial charge in [-0.2, -0.15) is 5.10 Å². The monoisotopic (exact) mass is 192 g/mol. The van der Waals surface area contributed by atoms with Crippen LogP contribution in [0.2, 0.25) is 0 Å². The van der Waals surface area contributed by atoms with E-state index in [1.54, 1.807) is 0 Å². The zero-order valence-corrected chi connectivity index (χ0v) is 8.87. The smallest absolute Gasteiger partial charge is 0.272 e. The van der Waals surface area contributed by atoms with Crippen LogP contribution in [0.4, 0.5) is 0 Å². The van der Waals surface area contributed by atoms with Gasteiger partial charge in [-0.25, -0.2) is 4.90 Å². The van der Waals surface area contributed by atoms with Crippen LogP contribution in [0.1, 0.15) is 18.3 Å². The Bertz CT molecular complexity index is 407. The lowest BCUT2D eigenvalue weighted by Crippen LogP contribution is -3.13. The second-order valence-corrected chi connectivity index (χ2v) is 3.55. The minimum Gasteiger partial charge on any atom is -0.272 e. The fourth-order valence-corrected chi connectivity index (χ4v) is 1.37. The van der Waals surface area contributed by atoms with Gasteiger partial charge in [0.05, 0.1) is 7.05 Å². The summed E-state index contributed by atoms with van der Waals surface area (Å²) in [4.78, 5) is 1.11. The number of hydrogen-bond acceptors (Lipinski definition) is 3. The number of amidine groups is 2. The van der Waals surface area contributed by atoms with Gasteiger partial charge in [0, 0.05) is 19.7 Å². The summed E-state index contributed by atoms with van der Waals surface area (Å²) in [6, 6.07) is 2.02. The van der Waals surface area contributed by atoms with Crippen molar-refractivity contribution in [3.63, 3.8) is 0 Å². The maximum absolute atomic E-state index is 4.37. The highest BCUT2D eigenvalue weighted by atomic mass is 15.4. The molecule has 0 amide bonds. The van der Waals surface area contributed by atoms with E-state index in [0.29, 0.717) is 0 Å². The van der Waals surface area contributed by atoms with Gasteiger partial charge >= 0.3 is 0 Å². The summed E-state index contributed by atoms with van der Waals surface area (Å²) in [6.45, 7) is 3.98. The second kappa shape index (κ2) is 3.02. The zero-order chi connectivity index (χ0) is 10.3. The van der Waals surface area contributed by atoms with Crippen molar-refractivity contribution in [2.75, 3.05) is 7.05 Å². The van der Waals surface area contributed by atoms with Gasteiger partial charge in [0.1, 0.15) is 0 Å². The number of hydrogen-bond donors (Lipinski definition) is 1. The van der Waals surface area contributed by atoms with Crippen molar-refractivity contribution in [1.29, 1.82) is 0 Å². The second-order valence-electron chi connectivity index (χ2n) is 3.55. The highest BCUT2D eigenvalue weighted by Crippen LogP contribution is 2.02. The molecule has 0 saturated heterocycles. The highest BCUT2D eigenvalue weighted by Gasteiger charge is 2.26. The van der Waals surface area contributed by atoms with Crippen LogP contribution in [0.5, 0.6) is 0 Å².